The highest BCUT2D eigenvalue weighted by molar-refractivity contribution is 6.12. The molecule has 0 atom stereocenters. The minimum Gasteiger partial charge on any atom is -0.341 e. The Morgan fingerprint density at radius 2 is 2.18 bits per heavy atom. The second-order valence-corrected chi connectivity index (χ2v) is 2.25. The van der Waals surface area contributed by atoms with Crippen LogP contribution in [0.2, 0.25) is 0 Å². The van der Waals surface area contributed by atoms with Crippen molar-refractivity contribution in [2.75, 3.05) is 13.6 Å². The molecule has 1 aliphatic heterocycles. The number of ketones is 1. The molecule has 1 rings (SSSR count). The van der Waals surface area contributed by atoms with Gasteiger partial charge in [-0.2, -0.15) is 0 Å². The van der Waals surface area contributed by atoms with E-state index in [1.54, 1.807) is 0 Å². The lowest BCUT2D eigenvalue weighted by molar-refractivity contribution is -0.125. The van der Waals surface area contributed by atoms with Crippen LogP contribution in [0.5, 0.6) is 0 Å². The lowest BCUT2D eigenvalue weighted by atomic mass is 10.3. The molecular weight excluding hydrogens is 148 g/mol. The molecule has 60 valence electrons. The van der Waals surface area contributed by atoms with Gasteiger partial charge in [0, 0.05) is 7.05 Å². The topological polar surface area (TPSA) is 66.5 Å². The van der Waals surface area contributed by atoms with E-state index in [1.165, 1.54) is 7.05 Å². The van der Waals surface area contributed by atoms with Crippen molar-refractivity contribution in [3.63, 3.8) is 0 Å². The molecule has 0 radical (unpaired) electrons. The van der Waals surface area contributed by atoms with Gasteiger partial charge in [-0.15, -0.1) is 0 Å². The molecule has 11 heavy (non-hydrogen) atoms. The first kappa shape index (κ1) is 7.71. The predicted molar refractivity (Wildman–Crippen MR) is 35.8 cm³/mol. The summed E-state index contributed by atoms with van der Waals surface area (Å²) in [7, 11) is 1.42. The maximum absolute atomic E-state index is 10.8. The van der Waals surface area contributed by atoms with Crippen molar-refractivity contribution in [1.82, 2.24) is 10.2 Å². The highest BCUT2D eigenvalue weighted by Crippen LogP contribution is 2.05. The predicted octanol–water partition coefficient (Wildman–Crippen LogP) is -0.873. The summed E-state index contributed by atoms with van der Waals surface area (Å²) in [4.78, 5) is 33.2. The van der Waals surface area contributed by atoms with Crippen molar-refractivity contribution in [3.05, 3.63) is 0 Å². The van der Waals surface area contributed by atoms with Crippen LogP contribution < -0.4 is 5.32 Å². The van der Waals surface area contributed by atoms with Gasteiger partial charge in [-0.1, -0.05) is 0 Å². The Bertz CT molecular complexity index is 224. The molecule has 1 heterocycles. The quantitative estimate of drug-likeness (QED) is 0.463. The molecule has 0 aliphatic carbocycles. The SMILES string of the molecule is CNC(=O)N1CC(=O)CC1=O. The standard InChI is InChI=1S/C6H8N2O3/c1-7-6(11)8-3-4(9)2-5(8)10/h2-3H2,1H3,(H,7,11). The Morgan fingerprint density at radius 1 is 1.55 bits per heavy atom. The first-order valence-corrected chi connectivity index (χ1v) is 3.19. The molecule has 1 saturated heterocycles. The van der Waals surface area contributed by atoms with Crippen molar-refractivity contribution < 1.29 is 14.4 Å². The first-order valence-electron chi connectivity index (χ1n) is 3.19. The summed E-state index contributed by atoms with van der Waals surface area (Å²) in [6.07, 6.45) is -0.145. The molecule has 0 unspecified atom stereocenters. The third-order valence-corrected chi connectivity index (χ3v) is 1.44. The Labute approximate surface area is 63.4 Å². The lowest BCUT2D eigenvalue weighted by Crippen LogP contribution is -2.39. The monoisotopic (exact) mass is 156 g/mol. The largest absolute Gasteiger partial charge is 0.341 e. The minimum absolute atomic E-state index is 0.0848. The molecule has 1 fully saturated rings. The Balaban J connectivity index is 2.67. The van der Waals surface area contributed by atoms with Crippen molar-refractivity contribution in [2.45, 2.75) is 6.42 Å². The van der Waals surface area contributed by atoms with Gasteiger partial charge < -0.3 is 5.32 Å². The van der Waals surface area contributed by atoms with E-state index in [0.717, 1.165) is 4.90 Å². The van der Waals surface area contributed by atoms with Gasteiger partial charge in [-0.05, 0) is 0 Å². The molecule has 3 amide bonds. The third-order valence-electron chi connectivity index (χ3n) is 1.44. The number of nitrogens with zero attached hydrogens (tertiary/aromatic N) is 1. The van der Waals surface area contributed by atoms with Crippen LogP contribution >= 0.6 is 0 Å². The van der Waals surface area contributed by atoms with Crippen molar-refractivity contribution in [3.8, 4) is 0 Å². The molecule has 0 spiro atoms. The zero-order chi connectivity index (χ0) is 8.43. The second kappa shape index (κ2) is 2.69. The maximum atomic E-state index is 10.8. The number of hydrogen-bond donors (Lipinski definition) is 1. The summed E-state index contributed by atoms with van der Waals surface area (Å²) in [6, 6.07) is -0.513. The molecule has 0 aromatic rings. The number of carbonyl (C=O) groups excluding carboxylic acids is 3. The Hall–Kier alpha value is -1.39. The van der Waals surface area contributed by atoms with Crippen LogP contribution in [0.3, 0.4) is 0 Å². The van der Waals surface area contributed by atoms with Crippen LogP contribution in [0, 0.1) is 0 Å². The number of Topliss-reactive ketones (excluding diaryl/α,β-unsaturated/α-hetero) is 1. The third kappa shape index (κ3) is 1.36. The molecular formula is C6H8N2O3. The van der Waals surface area contributed by atoms with Gasteiger partial charge in [0.1, 0.15) is 0 Å². The van der Waals surface area contributed by atoms with Crippen LogP contribution in [-0.2, 0) is 9.59 Å². The normalized spacial score (nSPS) is 17.4. The van der Waals surface area contributed by atoms with Crippen molar-refractivity contribution in [2.24, 2.45) is 0 Å². The minimum atomic E-state index is -0.513. The number of amides is 3. The molecule has 0 saturated carbocycles. The lowest BCUT2D eigenvalue weighted by Gasteiger charge is -2.10. The first-order chi connectivity index (χ1) is 5.15. The number of rotatable bonds is 0. The van der Waals surface area contributed by atoms with E-state index in [0.29, 0.717) is 0 Å². The highest BCUT2D eigenvalue weighted by Gasteiger charge is 2.31. The molecule has 1 aliphatic rings. The zero-order valence-electron chi connectivity index (χ0n) is 6.09. The van der Waals surface area contributed by atoms with Gasteiger partial charge >= 0.3 is 6.03 Å². The van der Waals surface area contributed by atoms with E-state index in [4.69, 9.17) is 0 Å². The molecule has 0 aromatic heterocycles. The van der Waals surface area contributed by atoms with E-state index in [-0.39, 0.29) is 18.7 Å². The molecule has 1 N–H and O–H groups in total. The number of urea groups is 1. The van der Waals surface area contributed by atoms with Crippen LogP contribution in [0.1, 0.15) is 6.42 Å². The average molecular weight is 156 g/mol. The van der Waals surface area contributed by atoms with Gasteiger partial charge in [0.15, 0.2) is 5.78 Å². The summed E-state index contributed by atoms with van der Waals surface area (Å²) in [5.41, 5.74) is 0. The van der Waals surface area contributed by atoms with Gasteiger partial charge in [-0.25, -0.2) is 4.79 Å². The van der Waals surface area contributed by atoms with Crippen LogP contribution in [0.15, 0.2) is 0 Å². The number of carbonyl (C=O) groups is 3. The molecule has 0 aromatic carbocycles. The smallest absolute Gasteiger partial charge is 0.324 e. The number of nitrogens with one attached hydrogen (secondary N) is 1. The zero-order valence-corrected chi connectivity index (χ0v) is 6.09. The molecule has 5 nitrogen and oxygen atoms in total. The number of likely N-dealkylation sites (tertiary alicyclic amines) is 1. The Morgan fingerprint density at radius 3 is 2.55 bits per heavy atom. The Kier molecular flexibility index (Phi) is 1.89. The van der Waals surface area contributed by atoms with Crippen molar-refractivity contribution in [1.29, 1.82) is 0 Å². The van der Waals surface area contributed by atoms with Gasteiger partial charge in [0.2, 0.25) is 5.91 Å². The molecule has 0 bridgehead atoms. The average Bonchev–Trinajstić information content (AvgIpc) is 2.28. The maximum Gasteiger partial charge on any atom is 0.324 e. The molecule has 5 heteroatoms. The van der Waals surface area contributed by atoms with Crippen molar-refractivity contribution >= 4 is 17.7 Å². The van der Waals surface area contributed by atoms with Crippen LogP contribution in [-0.4, -0.2) is 36.2 Å². The summed E-state index contributed by atoms with van der Waals surface area (Å²) in [5.74, 6) is -0.632. The van der Waals surface area contributed by atoms with E-state index < -0.39 is 11.9 Å². The van der Waals surface area contributed by atoms with Gasteiger partial charge in [-0.3, -0.25) is 14.5 Å². The highest BCUT2D eigenvalue weighted by atomic mass is 16.2. The number of imide groups is 1. The summed E-state index contributed by atoms with van der Waals surface area (Å²) < 4.78 is 0. The fourth-order valence-electron chi connectivity index (χ4n) is 0.905. The summed E-state index contributed by atoms with van der Waals surface area (Å²) in [6.45, 7) is -0.0848. The van der Waals surface area contributed by atoms with E-state index >= 15 is 0 Å². The van der Waals surface area contributed by atoms with E-state index in [2.05, 4.69) is 5.32 Å². The van der Waals surface area contributed by atoms with E-state index in [1.807, 2.05) is 0 Å². The fourth-order valence-corrected chi connectivity index (χ4v) is 0.905. The van der Waals surface area contributed by atoms with Gasteiger partial charge in [0.25, 0.3) is 0 Å². The summed E-state index contributed by atoms with van der Waals surface area (Å²) >= 11 is 0. The van der Waals surface area contributed by atoms with Gasteiger partial charge in [0.05, 0.1) is 13.0 Å². The second-order valence-electron chi connectivity index (χ2n) is 2.25. The van der Waals surface area contributed by atoms with Crippen LogP contribution in [0.25, 0.3) is 0 Å². The fraction of sp³-hybridized carbons (Fsp3) is 0.500. The summed E-state index contributed by atoms with van der Waals surface area (Å²) in [5, 5.41) is 2.27. The number of hydrogen-bond acceptors (Lipinski definition) is 3. The van der Waals surface area contributed by atoms with Crippen LogP contribution in [0.4, 0.5) is 4.79 Å². The van der Waals surface area contributed by atoms with E-state index in [9.17, 15) is 14.4 Å².